The van der Waals surface area contributed by atoms with Crippen LogP contribution < -0.4 is 0 Å². The first kappa shape index (κ1) is 45.4. The van der Waals surface area contributed by atoms with Gasteiger partial charge in [-0.05, 0) is 84.7 Å². The normalized spacial score (nSPS) is 18.6. The van der Waals surface area contributed by atoms with Crippen LogP contribution in [0.1, 0.15) is 90.3 Å². The molecule has 5 aromatic carbocycles. The minimum absolute atomic E-state index is 0.00811. The fourth-order valence-corrected chi connectivity index (χ4v) is 9.87. The van der Waals surface area contributed by atoms with Gasteiger partial charge in [0.05, 0.1) is 15.4 Å². The quantitative estimate of drug-likeness (QED) is 0.0358. The minimum atomic E-state index is -1.56. The van der Waals surface area contributed by atoms with Gasteiger partial charge >= 0.3 is 0 Å². The number of non-ortho nitro benzene ring substituents is 2. The molecule has 0 radical (unpaired) electrons. The van der Waals surface area contributed by atoms with Crippen molar-refractivity contribution in [2.24, 2.45) is 11.8 Å². The molecule has 0 aromatic heterocycles. The summed E-state index contributed by atoms with van der Waals surface area (Å²) in [6.07, 6.45) is 1.46. The molecule has 2 heterocycles. The summed E-state index contributed by atoms with van der Waals surface area (Å²) >= 11 is 0. The number of imide groups is 1. The van der Waals surface area contributed by atoms with Crippen LogP contribution in [0.4, 0.5) is 11.4 Å². The van der Waals surface area contributed by atoms with Crippen molar-refractivity contribution < 1.29 is 48.8 Å². The summed E-state index contributed by atoms with van der Waals surface area (Å²) in [4.78, 5) is 108. The molecule has 0 bridgehead atoms. The number of hydrogen-bond donors (Lipinski definition) is 2. The van der Waals surface area contributed by atoms with Crippen LogP contribution in [0.3, 0.4) is 0 Å². The predicted octanol–water partition coefficient (Wildman–Crippen LogP) is 6.00. The standard InChI is InChI=1S/C50H44N6O12/c1-27(57)29-10-12-30(13-11-29)45(59)51(18-20-53-47(61)37-8-3-6-31-22-33(55(65)66)24-41(43(31)37)49(53)63)16-5-17-52(46(60)36-15-14-35(28(2)58)39-26-40(36)39)19-21-54-48(62)38-9-4-7-32-23-34(56(67)68)25-42(44(32)38)50(54)64/h3-4,6-15,22-25,39-40,46,50,60,64H,5,16-21,26H2,1-2H3. The summed E-state index contributed by atoms with van der Waals surface area (Å²) in [7, 11) is 0. The molecule has 4 aliphatic rings. The number of benzene rings is 5. The Morgan fingerprint density at radius 2 is 1.32 bits per heavy atom. The third-order valence-electron chi connectivity index (χ3n) is 13.4. The molecule has 9 rings (SSSR count). The number of rotatable bonds is 17. The molecule has 0 spiro atoms. The van der Waals surface area contributed by atoms with Gasteiger partial charge in [-0.2, -0.15) is 0 Å². The van der Waals surface area contributed by atoms with Gasteiger partial charge in [0.2, 0.25) is 0 Å². The van der Waals surface area contributed by atoms with Crippen molar-refractivity contribution in [2.75, 3.05) is 39.3 Å². The van der Waals surface area contributed by atoms with E-state index in [9.17, 15) is 59.2 Å². The van der Waals surface area contributed by atoms with Crippen molar-refractivity contribution in [3.05, 3.63) is 162 Å². The van der Waals surface area contributed by atoms with E-state index < -0.39 is 45.9 Å². The van der Waals surface area contributed by atoms with Gasteiger partial charge in [0, 0.05) is 102 Å². The number of aliphatic hydroxyl groups is 2. The summed E-state index contributed by atoms with van der Waals surface area (Å²) in [6.45, 7) is 2.37. The molecule has 1 saturated carbocycles. The largest absolute Gasteiger partial charge is 0.374 e. The van der Waals surface area contributed by atoms with Crippen molar-refractivity contribution in [1.82, 2.24) is 19.6 Å². The highest BCUT2D eigenvalue weighted by molar-refractivity contribution is 6.26. The van der Waals surface area contributed by atoms with Crippen LogP contribution in [0.2, 0.25) is 0 Å². The maximum Gasteiger partial charge on any atom is 0.270 e. The highest BCUT2D eigenvalue weighted by Gasteiger charge is 2.48. The first-order chi connectivity index (χ1) is 32.5. The Labute approximate surface area is 387 Å². The highest BCUT2D eigenvalue weighted by atomic mass is 16.6. The second-order valence-electron chi connectivity index (χ2n) is 17.5. The van der Waals surface area contributed by atoms with E-state index in [1.165, 1.54) is 72.2 Å². The molecular weight excluding hydrogens is 877 g/mol. The summed E-state index contributed by atoms with van der Waals surface area (Å²) in [5.41, 5.74) is 1.89. The van der Waals surface area contributed by atoms with Crippen LogP contribution in [0.5, 0.6) is 0 Å². The Morgan fingerprint density at radius 3 is 1.97 bits per heavy atom. The Balaban J connectivity index is 0.987. The number of amides is 4. The van der Waals surface area contributed by atoms with Crippen molar-refractivity contribution in [3.63, 3.8) is 0 Å². The van der Waals surface area contributed by atoms with Crippen LogP contribution in [0.25, 0.3) is 21.5 Å². The van der Waals surface area contributed by atoms with E-state index in [-0.39, 0.29) is 108 Å². The van der Waals surface area contributed by atoms with Crippen LogP contribution in [0, 0.1) is 32.1 Å². The van der Waals surface area contributed by atoms with Crippen molar-refractivity contribution in [2.45, 2.75) is 39.1 Å². The Bertz CT molecular complexity index is 3110. The molecule has 18 heteroatoms. The second-order valence-corrected chi connectivity index (χ2v) is 17.5. The first-order valence-corrected chi connectivity index (χ1v) is 22.1. The second kappa shape index (κ2) is 17.8. The van der Waals surface area contributed by atoms with Gasteiger partial charge in [0.25, 0.3) is 35.0 Å². The summed E-state index contributed by atoms with van der Waals surface area (Å²) in [5.74, 6) is -2.87. The molecule has 18 nitrogen and oxygen atoms in total. The van der Waals surface area contributed by atoms with Crippen LogP contribution >= 0.6 is 0 Å². The zero-order valence-corrected chi connectivity index (χ0v) is 36.9. The summed E-state index contributed by atoms with van der Waals surface area (Å²) in [6, 6.07) is 20.5. The van der Waals surface area contributed by atoms with Gasteiger partial charge in [-0.25, -0.2) is 0 Å². The number of Topliss-reactive ketones (excluding diaryl/α,β-unsaturated/α-hetero) is 2. The lowest BCUT2D eigenvalue weighted by atomic mass is 9.92. The lowest BCUT2D eigenvalue weighted by Crippen LogP contribution is -2.48. The summed E-state index contributed by atoms with van der Waals surface area (Å²) in [5, 5.41) is 48.9. The number of aliphatic hydroxyl groups excluding tert-OH is 2. The number of allylic oxidation sites excluding steroid dienone is 3. The molecule has 346 valence electrons. The molecule has 4 atom stereocenters. The van der Waals surface area contributed by atoms with Gasteiger partial charge in [-0.15, -0.1) is 0 Å². The average molecular weight is 921 g/mol. The zero-order valence-electron chi connectivity index (χ0n) is 36.9. The Hall–Kier alpha value is -7.80. The van der Waals surface area contributed by atoms with E-state index in [1.807, 2.05) is 0 Å². The van der Waals surface area contributed by atoms with Gasteiger partial charge in [0.1, 0.15) is 6.23 Å². The fraction of sp³-hybridized carbons (Fsp3) is 0.280. The fourth-order valence-electron chi connectivity index (χ4n) is 9.87. The van der Waals surface area contributed by atoms with Crippen molar-refractivity contribution in [3.8, 4) is 0 Å². The molecule has 4 unspecified atom stereocenters. The van der Waals surface area contributed by atoms with Gasteiger partial charge in [-0.1, -0.05) is 48.6 Å². The van der Waals surface area contributed by atoms with Crippen molar-refractivity contribution in [1.29, 1.82) is 0 Å². The van der Waals surface area contributed by atoms with E-state index in [4.69, 9.17) is 0 Å². The maximum atomic E-state index is 14.3. The number of nitrogens with zero attached hydrogens (tertiary/aromatic N) is 6. The van der Waals surface area contributed by atoms with E-state index in [0.717, 1.165) is 11.0 Å². The smallest absolute Gasteiger partial charge is 0.270 e. The molecule has 4 amide bonds. The predicted molar refractivity (Wildman–Crippen MR) is 246 cm³/mol. The van der Waals surface area contributed by atoms with E-state index in [2.05, 4.69) is 0 Å². The monoisotopic (exact) mass is 920 g/mol. The molecule has 5 aromatic rings. The number of hydrogen-bond acceptors (Lipinski definition) is 13. The maximum absolute atomic E-state index is 14.3. The molecule has 1 fully saturated rings. The topological polar surface area (TPSA) is 242 Å². The molecule has 0 saturated heterocycles. The number of ketones is 2. The molecule has 2 aliphatic heterocycles. The highest BCUT2D eigenvalue weighted by Crippen LogP contribution is 2.52. The summed E-state index contributed by atoms with van der Waals surface area (Å²) < 4.78 is 0. The number of nitro groups is 2. The third-order valence-corrected chi connectivity index (χ3v) is 13.4. The Morgan fingerprint density at radius 1 is 0.706 bits per heavy atom. The van der Waals surface area contributed by atoms with E-state index in [0.29, 0.717) is 44.7 Å². The van der Waals surface area contributed by atoms with Gasteiger partial charge in [-0.3, -0.25) is 58.8 Å². The number of fused-ring (bicyclic) bond motifs is 1. The van der Waals surface area contributed by atoms with Crippen LogP contribution in [0.15, 0.2) is 108 Å². The lowest BCUT2D eigenvalue weighted by Gasteiger charge is -2.37. The lowest BCUT2D eigenvalue weighted by molar-refractivity contribution is -0.385. The Kier molecular flexibility index (Phi) is 11.9. The number of carbonyl (C=O) groups excluding carboxylic acids is 6. The zero-order chi connectivity index (χ0) is 48.3. The molecule has 68 heavy (non-hydrogen) atoms. The van der Waals surface area contributed by atoms with Crippen LogP contribution in [-0.2, 0) is 4.79 Å². The van der Waals surface area contributed by atoms with Gasteiger partial charge < -0.3 is 20.0 Å². The number of nitro benzene ring substituents is 2. The van der Waals surface area contributed by atoms with Crippen LogP contribution in [-0.4, -0.2) is 120 Å². The first-order valence-electron chi connectivity index (χ1n) is 22.1. The van der Waals surface area contributed by atoms with E-state index >= 15 is 0 Å². The molecule has 2 N–H and O–H groups in total. The molecular formula is C50H44N6O12. The third kappa shape index (κ3) is 8.11. The minimum Gasteiger partial charge on any atom is -0.374 e. The van der Waals surface area contributed by atoms with Gasteiger partial charge in [0.15, 0.2) is 17.8 Å². The van der Waals surface area contributed by atoms with E-state index in [1.54, 1.807) is 47.4 Å². The van der Waals surface area contributed by atoms with Crippen molar-refractivity contribution >= 4 is 68.1 Å². The molecule has 2 aliphatic carbocycles. The SMILES string of the molecule is CC(=O)C1=CC=C(C(O)N(CCCN(CCN2C(=O)c3cccc4cc([N+](=O)[O-])cc(c34)C2=O)C(=O)c2ccc(C(C)=O)cc2)CCN2C(=O)c3cccc4cc([N+](=O)[O-])cc(c34)C2O)C2CC12. The number of carbonyl (C=O) groups is 6. The average Bonchev–Trinajstić information content (AvgIpc) is 4.13.